The highest BCUT2D eigenvalue weighted by Gasteiger charge is 2.11. The average Bonchev–Trinajstić information content (AvgIpc) is 2.59. The van der Waals surface area contributed by atoms with Crippen LogP contribution in [0, 0.1) is 0 Å². The van der Waals surface area contributed by atoms with E-state index < -0.39 is 5.97 Å². The molecule has 2 aromatic rings. The molecule has 0 saturated heterocycles. The van der Waals surface area contributed by atoms with E-state index in [4.69, 9.17) is 5.11 Å². The van der Waals surface area contributed by atoms with Gasteiger partial charge >= 0.3 is 5.97 Å². The van der Waals surface area contributed by atoms with Crippen LogP contribution < -0.4 is 0 Å². The standard InChI is InChI=1S/C10H9NO2S/c1-2-6-3-4-8-9(11-6)7(5-14-8)10(12)13/h3-5H,2H2,1H3,(H,12,13). The van der Waals surface area contributed by atoms with Crippen LogP contribution in [0.2, 0.25) is 0 Å². The summed E-state index contributed by atoms with van der Waals surface area (Å²) < 4.78 is 0.930. The van der Waals surface area contributed by atoms with Crippen molar-refractivity contribution in [2.24, 2.45) is 0 Å². The first kappa shape index (κ1) is 9.15. The van der Waals surface area contributed by atoms with E-state index in [-0.39, 0.29) is 0 Å². The highest BCUT2D eigenvalue weighted by Crippen LogP contribution is 2.24. The topological polar surface area (TPSA) is 50.2 Å². The molecule has 0 aromatic carbocycles. The first-order chi connectivity index (χ1) is 6.72. The number of thiophene rings is 1. The van der Waals surface area contributed by atoms with Gasteiger partial charge in [-0.15, -0.1) is 11.3 Å². The summed E-state index contributed by atoms with van der Waals surface area (Å²) >= 11 is 1.42. The number of nitrogens with zero attached hydrogens (tertiary/aromatic N) is 1. The van der Waals surface area contributed by atoms with Gasteiger partial charge in [-0.1, -0.05) is 6.92 Å². The maximum Gasteiger partial charge on any atom is 0.338 e. The molecule has 2 rings (SSSR count). The van der Waals surface area contributed by atoms with Crippen molar-refractivity contribution >= 4 is 27.5 Å². The molecule has 72 valence electrons. The van der Waals surface area contributed by atoms with Crippen LogP contribution in [-0.2, 0) is 6.42 Å². The second-order valence-corrected chi connectivity index (χ2v) is 3.87. The van der Waals surface area contributed by atoms with Gasteiger partial charge in [-0.3, -0.25) is 4.98 Å². The van der Waals surface area contributed by atoms with Gasteiger partial charge in [0, 0.05) is 11.1 Å². The monoisotopic (exact) mass is 207 g/mol. The Morgan fingerprint density at radius 3 is 3.00 bits per heavy atom. The molecule has 2 aromatic heterocycles. The number of fused-ring (bicyclic) bond motifs is 1. The molecule has 0 spiro atoms. The van der Waals surface area contributed by atoms with Gasteiger partial charge in [0.05, 0.1) is 15.8 Å². The summed E-state index contributed by atoms with van der Waals surface area (Å²) in [4.78, 5) is 15.1. The third-order valence-corrected chi connectivity index (χ3v) is 3.00. The van der Waals surface area contributed by atoms with Crippen molar-refractivity contribution in [2.45, 2.75) is 13.3 Å². The average molecular weight is 207 g/mol. The Morgan fingerprint density at radius 2 is 2.36 bits per heavy atom. The minimum absolute atomic E-state index is 0.306. The quantitative estimate of drug-likeness (QED) is 0.823. The van der Waals surface area contributed by atoms with Crippen LogP contribution >= 0.6 is 11.3 Å². The van der Waals surface area contributed by atoms with Gasteiger partial charge in [0.2, 0.25) is 0 Å². The first-order valence-corrected chi connectivity index (χ1v) is 5.20. The van der Waals surface area contributed by atoms with Gasteiger partial charge in [0.15, 0.2) is 0 Å². The van der Waals surface area contributed by atoms with Crippen LogP contribution in [0.5, 0.6) is 0 Å². The summed E-state index contributed by atoms with van der Waals surface area (Å²) in [5, 5.41) is 10.5. The minimum Gasteiger partial charge on any atom is -0.478 e. The smallest absolute Gasteiger partial charge is 0.338 e. The molecule has 0 amide bonds. The van der Waals surface area contributed by atoms with Crippen LogP contribution in [0.25, 0.3) is 10.2 Å². The number of carboxylic acids is 1. The Balaban J connectivity index is 2.69. The van der Waals surface area contributed by atoms with Crippen molar-refractivity contribution in [3.8, 4) is 0 Å². The van der Waals surface area contributed by atoms with Crippen molar-refractivity contribution in [3.63, 3.8) is 0 Å². The van der Waals surface area contributed by atoms with E-state index in [2.05, 4.69) is 4.98 Å². The molecule has 0 aliphatic carbocycles. The fourth-order valence-electron chi connectivity index (χ4n) is 1.30. The molecular formula is C10H9NO2S. The normalized spacial score (nSPS) is 10.6. The Labute approximate surface area is 85.0 Å². The van der Waals surface area contributed by atoms with Crippen LogP contribution in [0.15, 0.2) is 17.5 Å². The van der Waals surface area contributed by atoms with E-state index >= 15 is 0 Å². The fraction of sp³-hybridized carbons (Fsp3) is 0.200. The van der Waals surface area contributed by atoms with E-state index in [1.54, 1.807) is 5.38 Å². The molecule has 14 heavy (non-hydrogen) atoms. The molecule has 2 heterocycles. The predicted molar refractivity (Wildman–Crippen MR) is 56.0 cm³/mol. The van der Waals surface area contributed by atoms with Gasteiger partial charge < -0.3 is 5.11 Å². The molecular weight excluding hydrogens is 198 g/mol. The molecule has 0 radical (unpaired) electrons. The summed E-state index contributed by atoms with van der Waals surface area (Å²) in [6.45, 7) is 2.00. The second kappa shape index (κ2) is 3.38. The molecule has 0 aliphatic heterocycles. The first-order valence-electron chi connectivity index (χ1n) is 4.32. The highest BCUT2D eigenvalue weighted by atomic mass is 32.1. The lowest BCUT2D eigenvalue weighted by Crippen LogP contribution is -1.96. The number of pyridine rings is 1. The molecule has 3 nitrogen and oxygen atoms in total. The minimum atomic E-state index is -0.906. The Morgan fingerprint density at radius 1 is 1.57 bits per heavy atom. The Hall–Kier alpha value is -1.42. The number of hydrogen-bond donors (Lipinski definition) is 1. The third kappa shape index (κ3) is 1.37. The van der Waals surface area contributed by atoms with Crippen molar-refractivity contribution in [1.82, 2.24) is 4.98 Å². The van der Waals surface area contributed by atoms with Gasteiger partial charge in [-0.05, 0) is 18.6 Å². The molecule has 0 fully saturated rings. The summed E-state index contributed by atoms with van der Waals surface area (Å²) in [7, 11) is 0. The molecule has 4 heteroatoms. The van der Waals surface area contributed by atoms with Crippen molar-refractivity contribution in [3.05, 3.63) is 28.8 Å². The summed E-state index contributed by atoms with van der Waals surface area (Å²) in [5.74, 6) is -0.906. The highest BCUT2D eigenvalue weighted by molar-refractivity contribution is 7.17. The van der Waals surface area contributed by atoms with Crippen molar-refractivity contribution in [1.29, 1.82) is 0 Å². The molecule has 0 atom stereocenters. The van der Waals surface area contributed by atoms with Gasteiger partial charge in [-0.25, -0.2) is 4.79 Å². The second-order valence-electron chi connectivity index (χ2n) is 2.96. The lowest BCUT2D eigenvalue weighted by atomic mass is 10.2. The number of rotatable bonds is 2. The van der Waals surface area contributed by atoms with E-state index in [1.165, 1.54) is 11.3 Å². The number of aromatic carboxylic acids is 1. The van der Waals surface area contributed by atoms with Crippen LogP contribution in [-0.4, -0.2) is 16.1 Å². The largest absolute Gasteiger partial charge is 0.478 e. The maximum atomic E-state index is 10.8. The number of carbonyl (C=O) groups is 1. The molecule has 0 saturated carbocycles. The predicted octanol–water partition coefficient (Wildman–Crippen LogP) is 2.56. The van der Waals surface area contributed by atoms with Crippen LogP contribution in [0.1, 0.15) is 23.0 Å². The van der Waals surface area contributed by atoms with E-state index in [1.807, 2.05) is 19.1 Å². The lowest BCUT2D eigenvalue weighted by molar-refractivity contribution is 0.0699. The zero-order valence-corrected chi connectivity index (χ0v) is 8.47. The zero-order chi connectivity index (χ0) is 10.1. The number of hydrogen-bond acceptors (Lipinski definition) is 3. The third-order valence-electron chi connectivity index (χ3n) is 2.07. The van der Waals surface area contributed by atoms with Gasteiger partial charge in [0.25, 0.3) is 0 Å². The van der Waals surface area contributed by atoms with Gasteiger partial charge in [0.1, 0.15) is 0 Å². The summed E-state index contributed by atoms with van der Waals surface area (Å²) in [5.41, 5.74) is 1.85. The van der Waals surface area contributed by atoms with Crippen LogP contribution in [0.3, 0.4) is 0 Å². The van der Waals surface area contributed by atoms with Crippen molar-refractivity contribution in [2.75, 3.05) is 0 Å². The zero-order valence-electron chi connectivity index (χ0n) is 7.65. The summed E-state index contributed by atoms with van der Waals surface area (Å²) in [6, 6.07) is 3.86. The van der Waals surface area contributed by atoms with Crippen LogP contribution in [0.4, 0.5) is 0 Å². The number of aromatic nitrogens is 1. The maximum absolute atomic E-state index is 10.8. The SMILES string of the molecule is CCc1ccc2scc(C(=O)O)c2n1. The molecule has 1 N–H and O–H groups in total. The number of aryl methyl sites for hydroxylation is 1. The lowest BCUT2D eigenvalue weighted by Gasteiger charge is -1.96. The van der Waals surface area contributed by atoms with E-state index in [0.717, 1.165) is 16.8 Å². The van der Waals surface area contributed by atoms with Gasteiger partial charge in [-0.2, -0.15) is 0 Å². The van der Waals surface area contributed by atoms with E-state index in [0.29, 0.717) is 11.1 Å². The number of carboxylic acid groups (broad SMARTS) is 1. The van der Waals surface area contributed by atoms with Crippen molar-refractivity contribution < 1.29 is 9.90 Å². The molecule has 0 aliphatic rings. The van der Waals surface area contributed by atoms with E-state index in [9.17, 15) is 4.79 Å². The molecule has 0 bridgehead atoms. The Bertz CT molecular complexity index is 490. The fourth-order valence-corrected chi connectivity index (χ4v) is 2.17. The Kier molecular flexibility index (Phi) is 2.21. The summed E-state index contributed by atoms with van der Waals surface area (Å²) in [6.07, 6.45) is 0.824. The molecule has 0 unspecified atom stereocenters.